The number of carbonyl (C=O) groups is 1. The first kappa shape index (κ1) is 18.4. The highest BCUT2D eigenvalue weighted by atomic mass is 19.1. The second-order valence-corrected chi connectivity index (χ2v) is 6.48. The average molecular weight is 391 g/mol. The summed E-state index contributed by atoms with van der Waals surface area (Å²) >= 11 is 0. The third-order valence-electron chi connectivity index (χ3n) is 4.34. The molecular formula is C20H18FN7O. The molecule has 9 heteroatoms. The Hall–Kier alpha value is -4.01. The predicted octanol–water partition coefficient (Wildman–Crippen LogP) is 3.47. The fourth-order valence-electron chi connectivity index (χ4n) is 3.10. The van der Waals surface area contributed by atoms with Gasteiger partial charge in [-0.1, -0.05) is 6.58 Å². The van der Waals surface area contributed by atoms with Gasteiger partial charge in [0.15, 0.2) is 11.6 Å². The Kier molecular flexibility index (Phi) is 4.55. The number of carbonyl (C=O) groups excluding carboxylic acids is 1. The number of anilines is 3. The zero-order valence-corrected chi connectivity index (χ0v) is 15.8. The van der Waals surface area contributed by atoms with Crippen molar-refractivity contribution in [1.29, 1.82) is 0 Å². The van der Waals surface area contributed by atoms with Gasteiger partial charge in [0.25, 0.3) is 0 Å². The normalized spacial score (nSPS) is 10.9. The van der Waals surface area contributed by atoms with Crippen LogP contribution in [-0.2, 0) is 11.8 Å². The summed E-state index contributed by atoms with van der Waals surface area (Å²) in [7, 11) is 1.79. The van der Waals surface area contributed by atoms with E-state index in [1.807, 2.05) is 19.1 Å². The molecule has 0 fully saturated rings. The lowest BCUT2D eigenvalue weighted by Gasteiger charge is -2.11. The van der Waals surface area contributed by atoms with Gasteiger partial charge in [0.2, 0.25) is 11.9 Å². The second kappa shape index (κ2) is 7.19. The lowest BCUT2D eigenvalue weighted by Crippen LogP contribution is -2.08. The number of amides is 1. The van der Waals surface area contributed by atoms with Crippen molar-refractivity contribution in [2.45, 2.75) is 6.92 Å². The van der Waals surface area contributed by atoms with Crippen molar-refractivity contribution in [3.63, 3.8) is 0 Å². The molecule has 146 valence electrons. The quantitative estimate of drug-likeness (QED) is 0.509. The number of nitrogens with zero attached hydrogens (tertiary/aromatic N) is 5. The molecule has 0 aliphatic carbocycles. The van der Waals surface area contributed by atoms with Gasteiger partial charge in [-0.2, -0.15) is 10.1 Å². The summed E-state index contributed by atoms with van der Waals surface area (Å²) in [6.07, 6.45) is 5.72. The zero-order valence-electron chi connectivity index (χ0n) is 15.8. The van der Waals surface area contributed by atoms with Crippen molar-refractivity contribution in [3.05, 3.63) is 67.0 Å². The smallest absolute Gasteiger partial charge is 0.247 e. The summed E-state index contributed by atoms with van der Waals surface area (Å²) in [4.78, 5) is 19.9. The largest absolute Gasteiger partial charge is 0.323 e. The van der Waals surface area contributed by atoms with Crippen LogP contribution in [0.25, 0.3) is 16.7 Å². The number of hydrogen-bond acceptors (Lipinski definition) is 5. The Balaban J connectivity index is 1.75. The SMILES string of the molecule is C=CC(=O)Nc1ccc2c(c1)cc(C)n2-c1nc(Nc2cnn(C)c2)ncc1F. The van der Waals surface area contributed by atoms with E-state index >= 15 is 0 Å². The summed E-state index contributed by atoms with van der Waals surface area (Å²) in [5, 5.41) is 10.6. The van der Waals surface area contributed by atoms with Crippen molar-refractivity contribution >= 4 is 34.1 Å². The number of rotatable bonds is 5. The van der Waals surface area contributed by atoms with Crippen LogP contribution in [0.5, 0.6) is 0 Å². The van der Waals surface area contributed by atoms with E-state index in [0.29, 0.717) is 11.4 Å². The topological polar surface area (TPSA) is 89.7 Å². The third-order valence-corrected chi connectivity index (χ3v) is 4.34. The molecule has 0 aliphatic rings. The van der Waals surface area contributed by atoms with Crippen molar-refractivity contribution in [1.82, 2.24) is 24.3 Å². The lowest BCUT2D eigenvalue weighted by atomic mass is 10.2. The van der Waals surface area contributed by atoms with Crippen molar-refractivity contribution in [2.24, 2.45) is 7.05 Å². The van der Waals surface area contributed by atoms with E-state index in [0.717, 1.165) is 22.8 Å². The summed E-state index contributed by atoms with van der Waals surface area (Å²) in [5.74, 6) is -0.466. The van der Waals surface area contributed by atoms with Crippen molar-refractivity contribution in [3.8, 4) is 5.82 Å². The summed E-state index contributed by atoms with van der Waals surface area (Å²) in [6.45, 7) is 5.30. The Labute approximate surface area is 165 Å². The van der Waals surface area contributed by atoms with Crippen LogP contribution in [-0.4, -0.2) is 30.2 Å². The number of halogens is 1. The van der Waals surface area contributed by atoms with E-state index in [9.17, 15) is 9.18 Å². The maximum absolute atomic E-state index is 14.6. The molecule has 0 saturated carbocycles. The minimum absolute atomic E-state index is 0.127. The maximum Gasteiger partial charge on any atom is 0.247 e. The highest BCUT2D eigenvalue weighted by molar-refractivity contribution is 6.00. The van der Waals surface area contributed by atoms with E-state index in [1.54, 1.807) is 40.8 Å². The van der Waals surface area contributed by atoms with E-state index < -0.39 is 5.82 Å². The van der Waals surface area contributed by atoms with Gasteiger partial charge < -0.3 is 10.6 Å². The number of hydrogen-bond donors (Lipinski definition) is 2. The van der Waals surface area contributed by atoms with Crippen LogP contribution >= 0.6 is 0 Å². The molecule has 0 bridgehead atoms. The van der Waals surface area contributed by atoms with E-state index in [2.05, 4.69) is 32.3 Å². The van der Waals surface area contributed by atoms with Crippen LogP contribution in [0.2, 0.25) is 0 Å². The van der Waals surface area contributed by atoms with Crippen molar-refractivity contribution in [2.75, 3.05) is 10.6 Å². The molecule has 0 radical (unpaired) electrons. The summed E-state index contributed by atoms with van der Waals surface area (Å²) < 4.78 is 18.0. The van der Waals surface area contributed by atoms with E-state index in [-0.39, 0.29) is 17.7 Å². The van der Waals surface area contributed by atoms with Crippen molar-refractivity contribution < 1.29 is 9.18 Å². The average Bonchev–Trinajstić information content (AvgIpc) is 3.24. The van der Waals surface area contributed by atoms with Gasteiger partial charge in [0.1, 0.15) is 0 Å². The number of nitrogens with one attached hydrogen (secondary N) is 2. The first-order valence-electron chi connectivity index (χ1n) is 8.78. The minimum atomic E-state index is -0.550. The summed E-state index contributed by atoms with van der Waals surface area (Å²) in [5.41, 5.74) is 2.87. The van der Waals surface area contributed by atoms with Crippen LogP contribution in [0.1, 0.15) is 5.69 Å². The highest BCUT2D eigenvalue weighted by Gasteiger charge is 2.15. The fourth-order valence-corrected chi connectivity index (χ4v) is 3.10. The maximum atomic E-state index is 14.6. The van der Waals surface area contributed by atoms with Gasteiger partial charge in [-0.15, -0.1) is 0 Å². The molecule has 3 aromatic heterocycles. The third kappa shape index (κ3) is 3.57. The lowest BCUT2D eigenvalue weighted by molar-refractivity contribution is -0.111. The van der Waals surface area contributed by atoms with Gasteiger partial charge in [0.05, 0.1) is 23.6 Å². The van der Waals surface area contributed by atoms with Gasteiger partial charge in [-0.25, -0.2) is 9.37 Å². The molecule has 1 amide bonds. The number of benzene rings is 1. The first-order valence-corrected chi connectivity index (χ1v) is 8.78. The molecule has 0 unspecified atom stereocenters. The molecule has 29 heavy (non-hydrogen) atoms. The second-order valence-electron chi connectivity index (χ2n) is 6.48. The van der Waals surface area contributed by atoms with Gasteiger partial charge in [0, 0.05) is 30.0 Å². The molecular weight excluding hydrogens is 373 g/mol. The first-order chi connectivity index (χ1) is 13.9. The Bertz CT molecular complexity index is 1240. The molecule has 0 atom stereocenters. The number of aryl methyl sites for hydroxylation is 2. The van der Waals surface area contributed by atoms with E-state index in [1.165, 1.54) is 6.08 Å². The minimum Gasteiger partial charge on any atom is -0.323 e. The monoisotopic (exact) mass is 391 g/mol. The van der Waals surface area contributed by atoms with Crippen LogP contribution in [0, 0.1) is 12.7 Å². The Morgan fingerprint density at radius 2 is 2.07 bits per heavy atom. The standard InChI is InChI=1S/C20H18FN7O/c1-4-18(29)24-14-5-6-17-13(8-14)7-12(2)28(17)19-16(21)10-22-20(26-19)25-15-9-23-27(3)11-15/h4-11H,1H2,2-3H3,(H,24,29)(H,22,25,26). The Morgan fingerprint density at radius 3 is 2.79 bits per heavy atom. The molecule has 1 aromatic carbocycles. The molecule has 0 spiro atoms. The van der Waals surface area contributed by atoms with Crippen LogP contribution in [0.15, 0.2) is 55.5 Å². The number of aromatic nitrogens is 5. The molecule has 0 saturated heterocycles. The zero-order chi connectivity index (χ0) is 20.5. The molecule has 2 N–H and O–H groups in total. The molecule has 4 aromatic rings. The molecule has 0 aliphatic heterocycles. The van der Waals surface area contributed by atoms with Gasteiger partial charge >= 0.3 is 0 Å². The van der Waals surface area contributed by atoms with Gasteiger partial charge in [-0.05, 0) is 37.3 Å². The Morgan fingerprint density at radius 1 is 1.24 bits per heavy atom. The summed E-state index contributed by atoms with van der Waals surface area (Å²) in [6, 6.07) is 7.26. The number of fused-ring (bicyclic) bond motifs is 1. The van der Waals surface area contributed by atoms with Gasteiger partial charge in [-0.3, -0.25) is 14.0 Å². The molecule has 4 rings (SSSR count). The fraction of sp³-hybridized carbons (Fsp3) is 0.100. The molecule has 8 nitrogen and oxygen atoms in total. The highest BCUT2D eigenvalue weighted by Crippen LogP contribution is 2.27. The van der Waals surface area contributed by atoms with Crippen LogP contribution in [0.4, 0.5) is 21.7 Å². The molecule has 3 heterocycles. The van der Waals surface area contributed by atoms with E-state index in [4.69, 9.17) is 0 Å². The predicted molar refractivity (Wildman–Crippen MR) is 109 cm³/mol. The van der Waals surface area contributed by atoms with Crippen LogP contribution < -0.4 is 10.6 Å². The van der Waals surface area contributed by atoms with Crippen LogP contribution in [0.3, 0.4) is 0 Å².